The van der Waals surface area contributed by atoms with Crippen LogP contribution in [0.2, 0.25) is 0 Å². The lowest BCUT2D eigenvalue weighted by Gasteiger charge is -2.03. The van der Waals surface area contributed by atoms with Crippen LogP contribution < -0.4 is 0 Å². The van der Waals surface area contributed by atoms with Crippen LogP contribution in [0.15, 0.2) is 36.5 Å². The van der Waals surface area contributed by atoms with Crippen LogP contribution in [0.5, 0.6) is 0 Å². The van der Waals surface area contributed by atoms with Gasteiger partial charge in [0.2, 0.25) is 0 Å². The summed E-state index contributed by atoms with van der Waals surface area (Å²) in [5.41, 5.74) is 0. The van der Waals surface area contributed by atoms with Gasteiger partial charge in [0, 0.05) is 6.42 Å². The van der Waals surface area contributed by atoms with Gasteiger partial charge in [-0.15, -0.1) is 0 Å². The molecule has 0 heterocycles. The van der Waals surface area contributed by atoms with Crippen LogP contribution in [0.3, 0.4) is 0 Å². The van der Waals surface area contributed by atoms with Gasteiger partial charge in [-0.2, -0.15) is 0 Å². The highest BCUT2D eigenvalue weighted by Gasteiger charge is 1.97. The van der Waals surface area contributed by atoms with E-state index in [2.05, 4.69) is 43.4 Å². The topological polar surface area (TPSA) is 37.3 Å². The first kappa shape index (κ1) is 29.7. The lowest BCUT2D eigenvalue weighted by Crippen LogP contribution is -1.93. The van der Waals surface area contributed by atoms with E-state index in [0.717, 1.165) is 32.1 Å². The highest BCUT2D eigenvalue weighted by Crippen LogP contribution is 2.14. The summed E-state index contributed by atoms with van der Waals surface area (Å²) in [6.45, 7) is 2.17. The third-order valence-electron chi connectivity index (χ3n) is 5.79. The number of allylic oxidation sites excluding steroid dienone is 6. The normalized spacial score (nSPS) is 12.0. The van der Waals surface area contributed by atoms with Crippen LogP contribution in [0, 0.1) is 0 Å². The van der Waals surface area contributed by atoms with Gasteiger partial charge in [-0.1, -0.05) is 133 Å². The van der Waals surface area contributed by atoms with Crippen molar-refractivity contribution in [3.8, 4) is 0 Å². The van der Waals surface area contributed by atoms with Gasteiger partial charge in [0.1, 0.15) is 0 Å². The number of rotatable bonds is 24. The maximum Gasteiger partial charge on any atom is 0.303 e. The van der Waals surface area contributed by atoms with Gasteiger partial charge in [-0.05, 0) is 38.5 Å². The van der Waals surface area contributed by atoms with Crippen LogP contribution in [0.4, 0.5) is 0 Å². The summed E-state index contributed by atoms with van der Waals surface area (Å²) >= 11 is 0. The lowest BCUT2D eigenvalue weighted by molar-refractivity contribution is -0.137. The van der Waals surface area contributed by atoms with Gasteiger partial charge < -0.3 is 5.11 Å². The minimum atomic E-state index is -0.654. The highest BCUT2D eigenvalue weighted by atomic mass is 16.4. The standard InChI is InChI=1S/C29H52O2/c1-2-3-4-5-6-7-8-9-10-11-12-13-14-15-16-17-18-19-20-21-22-23-24-25-26-27-28-29(30)31/h3-4,6-7,9-10H,2,5,8,11-28H2,1H3,(H,30,31). The molecule has 2 heteroatoms. The summed E-state index contributed by atoms with van der Waals surface area (Å²) in [5.74, 6) is -0.654. The van der Waals surface area contributed by atoms with Crippen LogP contribution in [-0.4, -0.2) is 11.1 Å². The molecule has 0 aromatic heterocycles. The van der Waals surface area contributed by atoms with Crippen molar-refractivity contribution in [2.75, 3.05) is 0 Å². The molecule has 0 amide bonds. The number of carbonyl (C=O) groups is 1. The number of hydrogen-bond acceptors (Lipinski definition) is 1. The molecule has 0 saturated heterocycles. The molecule has 0 saturated carbocycles. The Kier molecular flexibility index (Phi) is 25.6. The zero-order chi connectivity index (χ0) is 22.7. The highest BCUT2D eigenvalue weighted by molar-refractivity contribution is 5.66. The largest absolute Gasteiger partial charge is 0.481 e. The average Bonchev–Trinajstić information content (AvgIpc) is 2.76. The average molecular weight is 433 g/mol. The van der Waals surface area contributed by atoms with Crippen LogP contribution in [0.1, 0.15) is 142 Å². The third kappa shape index (κ3) is 28.7. The number of hydrogen-bond donors (Lipinski definition) is 1. The van der Waals surface area contributed by atoms with E-state index in [0.29, 0.717) is 6.42 Å². The second-order valence-electron chi connectivity index (χ2n) is 8.88. The molecule has 0 aliphatic carbocycles. The smallest absolute Gasteiger partial charge is 0.303 e. The van der Waals surface area contributed by atoms with Crippen molar-refractivity contribution < 1.29 is 9.90 Å². The molecule has 0 aliphatic heterocycles. The number of aliphatic carboxylic acids is 1. The molecule has 1 N–H and O–H groups in total. The van der Waals surface area contributed by atoms with Crippen LogP contribution in [0.25, 0.3) is 0 Å². The molecule has 0 spiro atoms. The zero-order valence-electron chi connectivity index (χ0n) is 20.7. The van der Waals surface area contributed by atoms with E-state index in [9.17, 15) is 4.79 Å². The van der Waals surface area contributed by atoms with Crippen LogP contribution in [-0.2, 0) is 4.79 Å². The van der Waals surface area contributed by atoms with Gasteiger partial charge in [-0.3, -0.25) is 4.79 Å². The summed E-state index contributed by atoms with van der Waals surface area (Å²) in [4.78, 5) is 10.4. The summed E-state index contributed by atoms with van der Waals surface area (Å²) in [6, 6.07) is 0. The Morgan fingerprint density at radius 1 is 0.516 bits per heavy atom. The van der Waals surface area contributed by atoms with Crippen LogP contribution >= 0.6 is 0 Å². The Labute approximate surface area is 194 Å². The predicted molar refractivity (Wildman–Crippen MR) is 138 cm³/mol. The molecular formula is C29H52O2. The first-order valence-corrected chi connectivity index (χ1v) is 13.4. The van der Waals surface area contributed by atoms with Crippen molar-refractivity contribution in [1.82, 2.24) is 0 Å². The summed E-state index contributed by atoms with van der Waals surface area (Å²) in [7, 11) is 0. The van der Waals surface area contributed by atoms with E-state index >= 15 is 0 Å². The maximum atomic E-state index is 10.4. The van der Waals surface area contributed by atoms with E-state index < -0.39 is 5.97 Å². The molecule has 0 fully saturated rings. The molecular weight excluding hydrogens is 380 g/mol. The Morgan fingerprint density at radius 3 is 1.29 bits per heavy atom. The van der Waals surface area contributed by atoms with E-state index in [-0.39, 0.29) is 0 Å². The predicted octanol–water partition coefficient (Wildman–Crippen LogP) is 9.95. The fourth-order valence-corrected chi connectivity index (χ4v) is 3.84. The monoisotopic (exact) mass is 432 g/mol. The summed E-state index contributed by atoms with van der Waals surface area (Å²) in [6.07, 6.45) is 39.6. The second kappa shape index (κ2) is 26.7. The van der Waals surface area contributed by atoms with Crippen molar-refractivity contribution in [3.05, 3.63) is 36.5 Å². The Hall–Kier alpha value is -1.31. The van der Waals surface area contributed by atoms with Gasteiger partial charge in [0.05, 0.1) is 0 Å². The van der Waals surface area contributed by atoms with Gasteiger partial charge >= 0.3 is 5.97 Å². The fourth-order valence-electron chi connectivity index (χ4n) is 3.84. The number of carboxylic acids is 1. The zero-order valence-corrected chi connectivity index (χ0v) is 20.7. The third-order valence-corrected chi connectivity index (χ3v) is 5.79. The minimum absolute atomic E-state index is 0.340. The van der Waals surface area contributed by atoms with Crippen molar-refractivity contribution in [1.29, 1.82) is 0 Å². The summed E-state index contributed by atoms with van der Waals surface area (Å²) < 4.78 is 0. The molecule has 0 aliphatic rings. The Bertz CT molecular complexity index is 448. The molecule has 180 valence electrons. The lowest BCUT2D eigenvalue weighted by atomic mass is 10.0. The maximum absolute atomic E-state index is 10.4. The van der Waals surface area contributed by atoms with E-state index in [1.165, 1.54) is 96.3 Å². The van der Waals surface area contributed by atoms with E-state index in [1.807, 2.05) is 0 Å². The molecule has 0 aromatic carbocycles. The first-order chi connectivity index (χ1) is 15.3. The van der Waals surface area contributed by atoms with E-state index in [4.69, 9.17) is 5.11 Å². The van der Waals surface area contributed by atoms with Crippen molar-refractivity contribution in [3.63, 3.8) is 0 Å². The second-order valence-corrected chi connectivity index (χ2v) is 8.88. The van der Waals surface area contributed by atoms with Crippen molar-refractivity contribution in [2.24, 2.45) is 0 Å². The molecule has 0 bridgehead atoms. The van der Waals surface area contributed by atoms with Crippen molar-refractivity contribution in [2.45, 2.75) is 142 Å². The number of unbranched alkanes of at least 4 members (excludes halogenated alkanes) is 16. The SMILES string of the molecule is CCC=CCC=CCC=CCCCCCCCCCCCCCCCCCCC(=O)O. The van der Waals surface area contributed by atoms with E-state index in [1.54, 1.807) is 0 Å². The fraction of sp³-hybridized carbons (Fsp3) is 0.759. The summed E-state index contributed by atoms with van der Waals surface area (Å²) in [5, 5.41) is 8.60. The molecule has 0 radical (unpaired) electrons. The van der Waals surface area contributed by atoms with Gasteiger partial charge in [-0.25, -0.2) is 0 Å². The molecule has 0 atom stereocenters. The molecule has 31 heavy (non-hydrogen) atoms. The molecule has 0 rings (SSSR count). The van der Waals surface area contributed by atoms with Gasteiger partial charge in [0.25, 0.3) is 0 Å². The molecule has 0 aromatic rings. The molecule has 2 nitrogen and oxygen atoms in total. The molecule has 0 unspecified atom stereocenters. The van der Waals surface area contributed by atoms with Crippen molar-refractivity contribution >= 4 is 5.97 Å². The Balaban J connectivity index is 3.13. The minimum Gasteiger partial charge on any atom is -0.481 e. The first-order valence-electron chi connectivity index (χ1n) is 13.4. The van der Waals surface area contributed by atoms with Gasteiger partial charge in [0.15, 0.2) is 0 Å². The Morgan fingerprint density at radius 2 is 0.871 bits per heavy atom. The quantitative estimate of drug-likeness (QED) is 0.122. The number of carboxylic acid groups (broad SMARTS) is 1.